The largest absolute Gasteiger partial charge is 0.490 e. The molecule has 1 fully saturated rings. The Labute approximate surface area is 194 Å². The second-order valence-corrected chi connectivity index (χ2v) is 8.27. The van der Waals surface area contributed by atoms with E-state index in [2.05, 4.69) is 5.32 Å². The summed E-state index contributed by atoms with van der Waals surface area (Å²) in [5.41, 5.74) is 0.322. The van der Waals surface area contributed by atoms with E-state index in [0.29, 0.717) is 24.7 Å². The maximum Gasteiger partial charge on any atom is 0.308 e. The predicted molar refractivity (Wildman–Crippen MR) is 117 cm³/mol. The topological polar surface area (TPSA) is 94.2 Å². The van der Waals surface area contributed by atoms with Crippen LogP contribution < -0.4 is 10.1 Å². The predicted octanol–water partition coefficient (Wildman–Crippen LogP) is 3.16. The molecule has 4 rings (SSSR count). The summed E-state index contributed by atoms with van der Waals surface area (Å²) in [7, 11) is 2.99. The second-order valence-electron chi connectivity index (χ2n) is 8.27. The fourth-order valence-electron chi connectivity index (χ4n) is 4.26. The third-order valence-electron chi connectivity index (χ3n) is 6.02. The summed E-state index contributed by atoms with van der Waals surface area (Å²) in [6.45, 7) is 0.168. The SMILES string of the molecule is COC(=O)C[C@H]1CC[C@H]2[C@@H](COc3ccc(NC(=O)c4cc(F)cc(F)c4)cc3C(=O)N2C)O1. The van der Waals surface area contributed by atoms with E-state index < -0.39 is 23.6 Å². The molecule has 0 spiro atoms. The van der Waals surface area contributed by atoms with Gasteiger partial charge in [-0.1, -0.05) is 0 Å². The van der Waals surface area contributed by atoms with Gasteiger partial charge in [0, 0.05) is 24.4 Å². The van der Waals surface area contributed by atoms with Gasteiger partial charge < -0.3 is 24.4 Å². The van der Waals surface area contributed by atoms with E-state index in [4.69, 9.17) is 14.2 Å². The number of ether oxygens (including phenoxy) is 3. The van der Waals surface area contributed by atoms with E-state index in [-0.39, 0.29) is 53.9 Å². The van der Waals surface area contributed by atoms with Gasteiger partial charge in [-0.2, -0.15) is 0 Å². The van der Waals surface area contributed by atoms with Crippen LogP contribution in [0.5, 0.6) is 5.75 Å². The smallest absolute Gasteiger partial charge is 0.308 e. The molecule has 1 saturated heterocycles. The molecule has 180 valence electrons. The number of likely N-dealkylation sites (N-methyl/N-ethyl adjacent to an activating group) is 1. The number of esters is 1. The molecule has 8 nitrogen and oxygen atoms in total. The zero-order valence-corrected chi connectivity index (χ0v) is 18.7. The third kappa shape index (κ3) is 5.01. The van der Waals surface area contributed by atoms with Crippen LogP contribution in [0.25, 0.3) is 0 Å². The van der Waals surface area contributed by atoms with Crippen molar-refractivity contribution in [3.05, 3.63) is 59.2 Å². The zero-order chi connectivity index (χ0) is 24.4. The Morgan fingerprint density at radius 1 is 1.15 bits per heavy atom. The molecule has 10 heteroatoms. The Hall–Kier alpha value is -3.53. The van der Waals surface area contributed by atoms with Gasteiger partial charge in [0.25, 0.3) is 11.8 Å². The van der Waals surface area contributed by atoms with Crippen LogP contribution in [0.3, 0.4) is 0 Å². The lowest BCUT2D eigenvalue weighted by Crippen LogP contribution is -2.53. The van der Waals surface area contributed by atoms with Gasteiger partial charge >= 0.3 is 5.97 Å². The number of anilines is 1. The Bertz CT molecular complexity index is 1100. The molecule has 1 N–H and O–H groups in total. The summed E-state index contributed by atoms with van der Waals surface area (Å²) in [6.07, 6.45) is 0.597. The van der Waals surface area contributed by atoms with Crippen molar-refractivity contribution in [3.8, 4) is 5.75 Å². The van der Waals surface area contributed by atoms with Gasteiger partial charge in [0.05, 0.1) is 31.2 Å². The van der Waals surface area contributed by atoms with Gasteiger partial charge in [-0.05, 0) is 43.2 Å². The first-order valence-electron chi connectivity index (χ1n) is 10.8. The lowest BCUT2D eigenvalue weighted by atomic mass is 9.94. The van der Waals surface area contributed by atoms with Crippen molar-refractivity contribution in [2.45, 2.75) is 37.5 Å². The van der Waals surface area contributed by atoms with Crippen LogP contribution >= 0.6 is 0 Å². The number of carbonyl (C=O) groups excluding carboxylic acids is 3. The van der Waals surface area contributed by atoms with Gasteiger partial charge in [-0.3, -0.25) is 14.4 Å². The fourth-order valence-corrected chi connectivity index (χ4v) is 4.26. The van der Waals surface area contributed by atoms with Crippen molar-refractivity contribution in [1.82, 2.24) is 4.90 Å². The molecule has 2 aliphatic rings. The van der Waals surface area contributed by atoms with E-state index in [1.807, 2.05) is 0 Å². The maximum absolute atomic E-state index is 13.5. The van der Waals surface area contributed by atoms with E-state index >= 15 is 0 Å². The van der Waals surface area contributed by atoms with Crippen LogP contribution in [0, 0.1) is 11.6 Å². The van der Waals surface area contributed by atoms with Crippen molar-refractivity contribution in [2.24, 2.45) is 0 Å². The van der Waals surface area contributed by atoms with E-state index in [1.54, 1.807) is 11.9 Å². The molecule has 2 heterocycles. The monoisotopic (exact) mass is 474 g/mol. The summed E-state index contributed by atoms with van der Waals surface area (Å²) in [5, 5.41) is 2.55. The van der Waals surface area contributed by atoms with E-state index in [0.717, 1.165) is 12.1 Å². The molecule has 2 aromatic carbocycles. The minimum absolute atomic E-state index is 0.131. The molecular weight excluding hydrogens is 450 g/mol. The van der Waals surface area contributed by atoms with Gasteiger partial charge in [0.15, 0.2) is 0 Å². The molecule has 0 aliphatic carbocycles. The van der Waals surface area contributed by atoms with E-state index in [1.165, 1.54) is 25.3 Å². The number of rotatable bonds is 4. The lowest BCUT2D eigenvalue weighted by Gasteiger charge is -2.42. The van der Waals surface area contributed by atoms with Crippen LogP contribution in [0.1, 0.15) is 40.0 Å². The summed E-state index contributed by atoms with van der Waals surface area (Å²) >= 11 is 0. The highest BCUT2D eigenvalue weighted by Crippen LogP contribution is 2.32. The lowest BCUT2D eigenvalue weighted by molar-refractivity contribution is -0.151. The van der Waals surface area contributed by atoms with Gasteiger partial charge in [-0.15, -0.1) is 0 Å². The highest BCUT2D eigenvalue weighted by molar-refractivity contribution is 6.05. The Balaban J connectivity index is 1.52. The number of nitrogens with one attached hydrogen (secondary N) is 1. The van der Waals surface area contributed by atoms with Gasteiger partial charge in [0.2, 0.25) is 0 Å². The number of methoxy groups -OCH3 is 1. The average molecular weight is 474 g/mol. The van der Waals surface area contributed by atoms with Crippen molar-refractivity contribution >= 4 is 23.5 Å². The van der Waals surface area contributed by atoms with Crippen LogP contribution in [-0.4, -0.2) is 61.7 Å². The Morgan fingerprint density at radius 2 is 1.88 bits per heavy atom. The highest BCUT2D eigenvalue weighted by Gasteiger charge is 2.39. The third-order valence-corrected chi connectivity index (χ3v) is 6.02. The minimum Gasteiger partial charge on any atom is -0.490 e. The Kier molecular flexibility index (Phi) is 6.78. The minimum atomic E-state index is -0.869. The highest BCUT2D eigenvalue weighted by atomic mass is 19.1. The number of fused-ring (bicyclic) bond motifs is 2. The fraction of sp³-hybridized carbons (Fsp3) is 0.375. The molecule has 3 atom stereocenters. The number of benzene rings is 2. The van der Waals surface area contributed by atoms with Crippen molar-refractivity contribution < 1.29 is 37.4 Å². The molecule has 0 unspecified atom stereocenters. The normalized spacial score (nSPS) is 21.9. The molecule has 34 heavy (non-hydrogen) atoms. The van der Waals surface area contributed by atoms with Crippen LogP contribution in [0.4, 0.5) is 14.5 Å². The van der Waals surface area contributed by atoms with Crippen molar-refractivity contribution in [3.63, 3.8) is 0 Å². The van der Waals surface area contributed by atoms with E-state index in [9.17, 15) is 23.2 Å². The summed E-state index contributed by atoms with van der Waals surface area (Å²) < 4.78 is 43.5. The number of amides is 2. The second kappa shape index (κ2) is 9.76. The standard InChI is InChI=1S/C24H24F2N2O6/c1-28-19-5-4-17(11-22(29)32-2)34-21(19)12-33-20-6-3-16(10-18(20)24(28)31)27-23(30)13-7-14(25)9-15(26)8-13/h3,6-10,17,19,21H,4-5,11-12H2,1-2H3,(H,27,30)/t17-,19+,21-/m1/s1. The van der Waals surface area contributed by atoms with Crippen LogP contribution in [0.2, 0.25) is 0 Å². The number of hydrogen-bond donors (Lipinski definition) is 1. The quantitative estimate of drug-likeness (QED) is 0.685. The molecule has 0 saturated carbocycles. The first-order chi connectivity index (χ1) is 16.2. The molecule has 0 bridgehead atoms. The Morgan fingerprint density at radius 3 is 2.59 bits per heavy atom. The summed E-state index contributed by atoms with van der Waals surface area (Å²) in [6, 6.07) is 6.79. The number of halogens is 2. The number of hydrogen-bond acceptors (Lipinski definition) is 6. The molecule has 0 aromatic heterocycles. The van der Waals surface area contributed by atoms with Crippen LogP contribution in [-0.2, 0) is 14.3 Å². The first kappa shape index (κ1) is 23.6. The zero-order valence-electron chi connectivity index (χ0n) is 18.7. The van der Waals surface area contributed by atoms with Gasteiger partial charge in [-0.25, -0.2) is 8.78 Å². The molecule has 2 aliphatic heterocycles. The molecule has 0 radical (unpaired) electrons. The number of nitrogens with zero attached hydrogens (tertiary/aromatic N) is 1. The summed E-state index contributed by atoms with van der Waals surface area (Å²) in [4.78, 5) is 38.9. The molecule has 2 amide bonds. The van der Waals surface area contributed by atoms with Gasteiger partial charge in [0.1, 0.15) is 30.1 Å². The molecular formula is C24H24F2N2O6. The van der Waals surface area contributed by atoms with Crippen LogP contribution in [0.15, 0.2) is 36.4 Å². The number of carbonyl (C=O) groups is 3. The van der Waals surface area contributed by atoms with Crippen molar-refractivity contribution in [1.29, 1.82) is 0 Å². The first-order valence-corrected chi connectivity index (χ1v) is 10.8. The average Bonchev–Trinajstić information content (AvgIpc) is 2.81. The maximum atomic E-state index is 13.5. The summed E-state index contributed by atoms with van der Waals surface area (Å²) in [5.74, 6) is -2.83. The molecule has 2 aromatic rings. The van der Waals surface area contributed by atoms with Crippen molar-refractivity contribution in [2.75, 3.05) is 26.1 Å².